The van der Waals surface area contributed by atoms with Crippen LogP contribution in [0.15, 0.2) is 73.2 Å². The van der Waals surface area contributed by atoms with Crippen molar-refractivity contribution in [3.8, 4) is 11.1 Å². The van der Waals surface area contributed by atoms with Crippen molar-refractivity contribution in [3.05, 3.63) is 84.4 Å². The summed E-state index contributed by atoms with van der Waals surface area (Å²) in [5.41, 5.74) is 4.47. The molecular weight excluding hydrogens is 360 g/mol. The molecule has 0 unspecified atom stereocenters. The molecule has 3 heterocycles. The highest BCUT2D eigenvalue weighted by Crippen LogP contribution is 2.22. The highest BCUT2D eigenvalue weighted by molar-refractivity contribution is 5.79. The first-order valence-corrected chi connectivity index (χ1v) is 10.1. The molecular formula is C24H26N4O. The lowest BCUT2D eigenvalue weighted by atomic mass is 9.96. The molecule has 1 aliphatic rings. The molecule has 5 heteroatoms. The minimum Gasteiger partial charge on any atom is -0.344 e. The van der Waals surface area contributed by atoms with Crippen LogP contribution in [0, 0.1) is 5.92 Å². The second-order valence-corrected chi connectivity index (χ2v) is 7.66. The van der Waals surface area contributed by atoms with Crippen LogP contribution in [0.2, 0.25) is 0 Å². The van der Waals surface area contributed by atoms with Crippen LogP contribution < -0.4 is 0 Å². The summed E-state index contributed by atoms with van der Waals surface area (Å²) in [6, 6.07) is 18.5. The van der Waals surface area contributed by atoms with Crippen molar-refractivity contribution in [3.63, 3.8) is 0 Å². The number of hydrogen-bond donors (Lipinski definition) is 0. The van der Waals surface area contributed by atoms with Gasteiger partial charge in [-0.25, -0.2) is 0 Å². The van der Waals surface area contributed by atoms with Crippen molar-refractivity contribution in [2.24, 2.45) is 5.92 Å². The van der Waals surface area contributed by atoms with Gasteiger partial charge in [-0.3, -0.25) is 19.7 Å². The van der Waals surface area contributed by atoms with Gasteiger partial charge < -0.3 is 4.90 Å². The first-order chi connectivity index (χ1) is 14.2. The van der Waals surface area contributed by atoms with E-state index in [1.165, 1.54) is 5.56 Å². The van der Waals surface area contributed by atoms with Crippen LogP contribution in [0.5, 0.6) is 0 Å². The van der Waals surface area contributed by atoms with E-state index < -0.39 is 0 Å². The summed E-state index contributed by atoms with van der Waals surface area (Å²) in [5.74, 6) is 0.181. The van der Waals surface area contributed by atoms with Gasteiger partial charge in [0.25, 0.3) is 0 Å². The minimum atomic E-state index is -0.0459. The molecule has 5 nitrogen and oxygen atoms in total. The summed E-state index contributed by atoms with van der Waals surface area (Å²) in [7, 11) is 1.91. The Kier molecular flexibility index (Phi) is 5.96. The Hall–Kier alpha value is -3.05. The third kappa shape index (κ3) is 4.87. The van der Waals surface area contributed by atoms with E-state index in [0.29, 0.717) is 0 Å². The molecule has 1 atom stereocenters. The standard InChI is InChI=1S/C24H26N4O/c1-27-13-14-28(18-23-6-2-3-12-26-23)17-22(24(27)29)15-19-7-9-20(10-8-19)21-5-4-11-25-16-21/h2-12,16,22H,13-15,17-18H2,1H3/t22-/m0/s1. The van der Waals surface area contributed by atoms with Gasteiger partial charge in [-0.15, -0.1) is 0 Å². The number of amides is 1. The predicted molar refractivity (Wildman–Crippen MR) is 114 cm³/mol. The summed E-state index contributed by atoms with van der Waals surface area (Å²) >= 11 is 0. The van der Waals surface area contributed by atoms with Crippen LogP contribution in [0.4, 0.5) is 0 Å². The highest BCUT2D eigenvalue weighted by Gasteiger charge is 2.28. The molecule has 0 spiro atoms. The third-order valence-corrected chi connectivity index (χ3v) is 5.50. The van der Waals surface area contributed by atoms with E-state index in [9.17, 15) is 4.79 Å². The Bertz CT molecular complexity index is 928. The number of aromatic nitrogens is 2. The number of benzene rings is 1. The van der Waals surface area contributed by atoms with Gasteiger partial charge in [0.2, 0.25) is 5.91 Å². The van der Waals surface area contributed by atoms with Crippen molar-refractivity contribution < 1.29 is 4.79 Å². The molecule has 1 amide bonds. The Balaban J connectivity index is 1.47. The van der Waals surface area contributed by atoms with Crippen molar-refractivity contribution >= 4 is 5.91 Å². The van der Waals surface area contributed by atoms with Gasteiger partial charge in [-0.05, 0) is 41.3 Å². The van der Waals surface area contributed by atoms with Crippen LogP contribution in [0.1, 0.15) is 11.3 Å². The normalized spacial score (nSPS) is 17.9. The fraction of sp³-hybridized carbons (Fsp3) is 0.292. The van der Waals surface area contributed by atoms with E-state index in [-0.39, 0.29) is 11.8 Å². The van der Waals surface area contributed by atoms with Gasteiger partial charge in [-0.2, -0.15) is 0 Å². The summed E-state index contributed by atoms with van der Waals surface area (Å²) < 4.78 is 0. The lowest BCUT2D eigenvalue weighted by molar-refractivity contribution is -0.133. The average Bonchev–Trinajstić information content (AvgIpc) is 2.90. The number of nitrogens with zero attached hydrogens (tertiary/aromatic N) is 4. The van der Waals surface area contributed by atoms with Gasteiger partial charge in [0.05, 0.1) is 11.6 Å². The van der Waals surface area contributed by atoms with E-state index in [1.54, 1.807) is 6.20 Å². The first kappa shape index (κ1) is 19.3. The largest absolute Gasteiger partial charge is 0.344 e. The zero-order valence-corrected chi connectivity index (χ0v) is 16.7. The molecule has 0 saturated carbocycles. The molecule has 0 N–H and O–H groups in total. The number of hydrogen-bond acceptors (Lipinski definition) is 4. The smallest absolute Gasteiger partial charge is 0.227 e. The van der Waals surface area contributed by atoms with Crippen molar-refractivity contribution in [2.45, 2.75) is 13.0 Å². The molecule has 0 bridgehead atoms. The van der Waals surface area contributed by atoms with E-state index in [1.807, 2.05) is 48.6 Å². The second-order valence-electron chi connectivity index (χ2n) is 7.66. The Morgan fingerprint density at radius 1 is 0.966 bits per heavy atom. The minimum absolute atomic E-state index is 0.0459. The lowest BCUT2D eigenvalue weighted by Crippen LogP contribution is -2.34. The molecule has 3 aromatic rings. The quantitative estimate of drug-likeness (QED) is 0.675. The zero-order valence-electron chi connectivity index (χ0n) is 16.7. The van der Waals surface area contributed by atoms with Gasteiger partial charge in [0, 0.05) is 51.8 Å². The molecule has 29 heavy (non-hydrogen) atoms. The van der Waals surface area contributed by atoms with Crippen LogP contribution in [-0.2, 0) is 17.8 Å². The molecule has 4 rings (SSSR count). The molecule has 1 aromatic carbocycles. The molecule has 2 aromatic heterocycles. The van der Waals surface area contributed by atoms with E-state index in [0.717, 1.165) is 49.4 Å². The Morgan fingerprint density at radius 2 is 1.83 bits per heavy atom. The van der Waals surface area contributed by atoms with Crippen LogP contribution in [0.25, 0.3) is 11.1 Å². The molecule has 1 aliphatic heterocycles. The molecule has 1 fully saturated rings. The maximum absolute atomic E-state index is 12.9. The maximum Gasteiger partial charge on any atom is 0.227 e. The number of rotatable bonds is 5. The predicted octanol–water partition coefficient (Wildman–Crippen LogP) is 3.28. The molecule has 148 valence electrons. The summed E-state index contributed by atoms with van der Waals surface area (Å²) in [5, 5.41) is 0. The Morgan fingerprint density at radius 3 is 2.55 bits per heavy atom. The fourth-order valence-corrected chi connectivity index (χ4v) is 3.86. The molecule has 1 saturated heterocycles. The second kappa shape index (κ2) is 8.97. The molecule has 0 radical (unpaired) electrons. The van der Waals surface area contributed by atoms with Gasteiger partial charge >= 0.3 is 0 Å². The fourth-order valence-electron chi connectivity index (χ4n) is 3.86. The molecule has 0 aliphatic carbocycles. The number of pyridine rings is 2. The van der Waals surface area contributed by atoms with Gasteiger partial charge in [-0.1, -0.05) is 36.4 Å². The first-order valence-electron chi connectivity index (χ1n) is 10.1. The van der Waals surface area contributed by atoms with Crippen LogP contribution >= 0.6 is 0 Å². The maximum atomic E-state index is 12.9. The number of likely N-dealkylation sites (N-methyl/N-ethyl adjacent to an activating group) is 1. The van der Waals surface area contributed by atoms with Crippen molar-refractivity contribution in [1.82, 2.24) is 19.8 Å². The van der Waals surface area contributed by atoms with E-state index >= 15 is 0 Å². The highest BCUT2D eigenvalue weighted by atomic mass is 16.2. The number of carbonyl (C=O) groups excluding carboxylic acids is 1. The van der Waals surface area contributed by atoms with Gasteiger partial charge in [0.1, 0.15) is 0 Å². The average molecular weight is 386 g/mol. The Labute approximate surface area is 172 Å². The summed E-state index contributed by atoms with van der Waals surface area (Å²) in [4.78, 5) is 25.8. The summed E-state index contributed by atoms with van der Waals surface area (Å²) in [6.07, 6.45) is 6.22. The summed E-state index contributed by atoms with van der Waals surface area (Å²) in [6.45, 7) is 3.15. The zero-order chi connectivity index (χ0) is 20.1. The van der Waals surface area contributed by atoms with Crippen molar-refractivity contribution in [1.29, 1.82) is 0 Å². The lowest BCUT2D eigenvalue weighted by Gasteiger charge is -2.22. The third-order valence-electron chi connectivity index (χ3n) is 5.50. The number of carbonyl (C=O) groups is 1. The van der Waals surface area contributed by atoms with Crippen LogP contribution in [-0.4, -0.2) is 52.4 Å². The van der Waals surface area contributed by atoms with Crippen molar-refractivity contribution in [2.75, 3.05) is 26.7 Å². The topological polar surface area (TPSA) is 49.3 Å². The van der Waals surface area contributed by atoms with Crippen LogP contribution in [0.3, 0.4) is 0 Å². The van der Waals surface area contributed by atoms with E-state index in [4.69, 9.17) is 0 Å². The van der Waals surface area contributed by atoms with E-state index in [2.05, 4.69) is 45.2 Å². The van der Waals surface area contributed by atoms with Gasteiger partial charge in [0.15, 0.2) is 0 Å². The monoisotopic (exact) mass is 386 g/mol. The SMILES string of the molecule is CN1CCN(Cc2ccccn2)C[C@H](Cc2ccc(-c3cccnc3)cc2)C1=O.